The number of phenols is 1. The number of unbranched alkanes of at least 4 members (excludes halogenated alkanes) is 1. The first-order valence-electron chi connectivity index (χ1n) is 55.2. The molecule has 140 heavy (non-hydrogen) atoms. The third kappa shape index (κ3) is 184. The van der Waals surface area contributed by atoms with E-state index in [2.05, 4.69) is 393 Å². The zero-order valence-corrected chi connectivity index (χ0v) is 104. The largest absolute Gasteiger partial charge is 0.513 e. The molecule has 14 N–H and O–H groups in total. The topological polar surface area (TPSA) is 230 Å². The third-order valence-corrected chi connectivity index (χ3v) is 21.0. The Morgan fingerprint density at radius 3 is 1.05 bits per heavy atom. The van der Waals surface area contributed by atoms with Gasteiger partial charge in [0.15, 0.2) is 0 Å². The van der Waals surface area contributed by atoms with Gasteiger partial charge in [0.05, 0.1) is 23.4 Å². The third-order valence-electron chi connectivity index (χ3n) is 19.6. The van der Waals surface area contributed by atoms with E-state index in [1.807, 2.05) is 77.9 Å². The highest BCUT2D eigenvalue weighted by Gasteiger charge is 2.14. The van der Waals surface area contributed by atoms with Crippen LogP contribution in [0, 0.1) is 124 Å². The lowest BCUT2D eigenvalue weighted by Gasteiger charge is -2.10. The lowest BCUT2D eigenvalue weighted by atomic mass is 9.96. The van der Waals surface area contributed by atoms with Crippen LogP contribution in [0.1, 0.15) is 450 Å². The number of nitrogens with one attached hydrogen (secondary N) is 1. The summed E-state index contributed by atoms with van der Waals surface area (Å²) in [5.41, 5.74) is 31.6. The molecule has 1 aliphatic heterocycles. The van der Waals surface area contributed by atoms with Crippen LogP contribution in [0.25, 0.3) is 5.57 Å². The molecule has 0 saturated heterocycles. The van der Waals surface area contributed by atoms with E-state index < -0.39 is 0 Å². The predicted molar refractivity (Wildman–Crippen MR) is 655 cm³/mol. The maximum Gasteiger partial charge on any atom is 0.115 e. The minimum absolute atomic E-state index is 0.148. The van der Waals surface area contributed by atoms with Crippen molar-refractivity contribution in [2.24, 2.45) is 152 Å². The van der Waals surface area contributed by atoms with E-state index in [1.165, 1.54) is 104 Å². The van der Waals surface area contributed by atoms with Crippen molar-refractivity contribution in [3.8, 4) is 5.75 Å². The van der Waals surface area contributed by atoms with Crippen molar-refractivity contribution in [3.63, 3.8) is 0 Å². The highest BCUT2D eigenvalue weighted by molar-refractivity contribution is 7.98. The molecule has 0 radical (unpaired) electrons. The Bertz CT molecular complexity index is 3010. The van der Waals surface area contributed by atoms with E-state index in [0.717, 1.165) is 171 Å². The quantitative estimate of drug-likeness (QED) is 0.0148. The second kappa shape index (κ2) is 119. The fourth-order valence-corrected chi connectivity index (χ4v) is 10.8. The Balaban J connectivity index is -0.000000101. The first-order chi connectivity index (χ1) is 64.5. The predicted octanol–water partition coefficient (Wildman–Crippen LogP) is 38.7. The molecule has 0 amide bonds. The Kier molecular flexibility index (Phi) is 140. The summed E-state index contributed by atoms with van der Waals surface area (Å²) in [6.45, 7) is 120. The lowest BCUT2D eigenvalue weighted by Crippen LogP contribution is -2.19. The summed E-state index contributed by atoms with van der Waals surface area (Å²) in [5, 5.41) is 45.9. The first-order valence-corrected chi connectivity index (χ1v) is 57.2. The molecule has 0 saturated carbocycles. The zero-order chi connectivity index (χ0) is 113. The fraction of sp³-hybridized carbons (Fsp3) is 0.740. The highest BCUT2D eigenvalue weighted by atomic mass is 32.2. The second-order valence-corrected chi connectivity index (χ2v) is 47.4. The number of rotatable bonds is 37. The van der Waals surface area contributed by atoms with Gasteiger partial charge in [-0.05, 0) is 285 Å². The molecule has 0 bridgehead atoms. The molecule has 2 aliphatic rings. The number of thioether (sulfide) groups is 1. The number of aliphatic hydroxyl groups is 4. The first kappa shape index (κ1) is 165. The number of aliphatic imine (C=N–C) groups is 1. The summed E-state index contributed by atoms with van der Waals surface area (Å²) in [7, 11) is 0. The van der Waals surface area contributed by atoms with Gasteiger partial charge in [-0.15, -0.1) is 0 Å². The van der Waals surface area contributed by atoms with Crippen molar-refractivity contribution in [3.05, 3.63) is 181 Å². The van der Waals surface area contributed by atoms with Crippen LogP contribution in [-0.2, 0) is 19.3 Å². The van der Waals surface area contributed by atoms with Crippen molar-refractivity contribution in [2.45, 2.75) is 453 Å². The smallest absolute Gasteiger partial charge is 0.115 e. The van der Waals surface area contributed by atoms with Crippen molar-refractivity contribution < 1.29 is 25.5 Å². The monoisotopic (exact) mass is 2010 g/mol. The van der Waals surface area contributed by atoms with Crippen molar-refractivity contribution in [1.29, 1.82) is 0 Å². The highest BCUT2D eigenvalue weighted by Crippen LogP contribution is 2.32. The number of fused-ring (bicyclic) bond motifs is 1. The van der Waals surface area contributed by atoms with E-state index in [9.17, 15) is 0 Å². The van der Waals surface area contributed by atoms with Gasteiger partial charge in [0.25, 0.3) is 0 Å². The van der Waals surface area contributed by atoms with Crippen LogP contribution in [0.4, 0.5) is 0 Å². The van der Waals surface area contributed by atoms with Gasteiger partial charge in [-0.1, -0.05) is 443 Å². The van der Waals surface area contributed by atoms with E-state index in [1.54, 1.807) is 24.6 Å². The van der Waals surface area contributed by atoms with Crippen LogP contribution < -0.4 is 28.3 Å². The van der Waals surface area contributed by atoms with Gasteiger partial charge in [0.1, 0.15) is 5.75 Å². The Morgan fingerprint density at radius 1 is 0.443 bits per heavy atom. The van der Waals surface area contributed by atoms with Crippen LogP contribution in [0.5, 0.6) is 5.75 Å². The number of phenolic OH excluding ortho intramolecular Hbond substituents is 1. The zero-order valence-electron chi connectivity index (χ0n) is 103. The van der Waals surface area contributed by atoms with Gasteiger partial charge < -0.3 is 53.8 Å². The van der Waals surface area contributed by atoms with Crippen LogP contribution in [0.15, 0.2) is 163 Å². The van der Waals surface area contributed by atoms with E-state index in [-0.39, 0.29) is 11.9 Å². The van der Waals surface area contributed by atoms with Crippen LogP contribution in [0.2, 0.25) is 0 Å². The summed E-state index contributed by atoms with van der Waals surface area (Å²) >= 11 is 5.95. The minimum Gasteiger partial charge on any atom is -0.513 e. The van der Waals surface area contributed by atoms with Gasteiger partial charge in [-0.3, -0.25) is 4.99 Å². The lowest BCUT2D eigenvalue weighted by molar-refractivity contribution is 0.144. The summed E-state index contributed by atoms with van der Waals surface area (Å²) in [6.07, 6.45) is 31.1. The minimum atomic E-state index is -0.148. The SMILES string of the molecule is C=C(N)CC(C)C.C=C(N)CCC(C)C.C=C(N)NCCCC(C)C.C=C(O)CC(C)C.C=C(O)CCC(C)C.CC(C)C.CC(C)C(C)C.CC(C)C(C)O.CC(C)C1=CN=CC1.CC(C)CC(C)C.CC(C)CC1=CCc2ccccc21.CC(C)CCCCN.CC(C)CO.CC(C)CS.CC(C)Cc1ccc(O)cc1.CC(C)Cc1ccccc1.CCC.CCC(C)C(C)C.CSCCC(C)C. The number of thiol groups is 1. The molecule has 0 fully saturated rings. The number of aliphatic hydroxyl groups excluding tert-OH is 4. The standard InChI is InChI=1S/C13H16.C10H14O.C10H14.C8H18N2.C7H11N.C7H15N.C7H17N.C7H14O.2C7H16.C6H13N.C6H12O.C6H14S.C6H14.C5H12O.C4H10O.C4H10S.C4H10.C3H8/c1-10(2)9-12-8-7-11-5-3-4-6-13(11)12;1-8(2)7-9-3-5-10(11)6-4-9;1-9(2)8-10-6-4-3-5-7-10;1-7(2)5-4-6-10-8(3)9;1-6(2)7-3-4-8-5-7;1-6(2)4-5-7(3)8;1-7(2)5-3-4-6-8;1-6(2)4-5-7(3)8;1-6(2)5-7(3)4;1-5-7(4)6(2)3;2*1-5(2)4-6(3)7;1-6(2)4-5-7-3;1-5(2)6(3)4;1-4(2)5(3)6;2*1-4(2)3-5;1-4(2)3;1-3-2/h3-6,8,10H,7,9H2,1-2H3;3-6,8,11H,7H2,1-2H3;3-7,9H,8H2,1-2H3;7,10H,3-6,9H2,1-2H3;4-6H,3H2,1-2H3;6H,3-5,8H2,1-2H3;7H,3-6,8H2,1-2H3;6,8H,3-5H2,1-2H3;2*6-7H,5H2,1-4H3;5H,3-4,7H2,1-2H3;5,7H,3-4H2,1-2H3;6H,4-5H2,1-3H3;5-6H,1-4H3;4-6H,1-3H3;2*4-5H,3H2,1-2H3;4H,1-3H3;3H2,1-2H3. The molecule has 2 unspecified atom stereocenters. The molecular formula is C127H254N6O5S2. The molecule has 11 nitrogen and oxygen atoms in total. The fourth-order valence-electron chi connectivity index (χ4n) is 10.1. The van der Waals surface area contributed by atoms with E-state index >= 15 is 0 Å². The molecule has 2 atom stereocenters. The van der Waals surface area contributed by atoms with Gasteiger partial charge in [0.2, 0.25) is 0 Å². The summed E-state index contributed by atoms with van der Waals surface area (Å²) in [4.78, 5) is 4.00. The van der Waals surface area contributed by atoms with Gasteiger partial charge in [-0.25, -0.2) is 0 Å². The van der Waals surface area contributed by atoms with Gasteiger partial charge in [-0.2, -0.15) is 24.4 Å². The number of benzene rings is 3. The van der Waals surface area contributed by atoms with Gasteiger partial charge >= 0.3 is 0 Å². The molecule has 0 aromatic heterocycles. The number of nitrogens with zero attached hydrogens (tertiary/aromatic N) is 1. The molecule has 5 rings (SSSR count). The Labute approximate surface area is 890 Å². The van der Waals surface area contributed by atoms with E-state index in [0.29, 0.717) is 65.4 Å². The normalized spacial score (nSPS) is 11.3. The number of hydrogen-bond acceptors (Lipinski definition) is 13. The maximum atomic E-state index is 8.99. The summed E-state index contributed by atoms with van der Waals surface area (Å²) in [6, 6.07) is 26.8. The molecule has 1 heterocycles. The maximum absolute atomic E-state index is 8.99. The van der Waals surface area contributed by atoms with Crippen molar-refractivity contribution in [1.82, 2.24) is 5.32 Å². The molecule has 834 valence electrons. The van der Waals surface area contributed by atoms with E-state index in [4.69, 9.17) is 48.5 Å². The molecular weight excluding hydrogens is 1750 g/mol. The average molecular weight is 2010 g/mol. The molecule has 3 aromatic rings. The number of allylic oxidation sites excluding steroid dienone is 7. The van der Waals surface area contributed by atoms with Gasteiger partial charge in [0, 0.05) is 56.2 Å². The molecule has 0 spiro atoms. The van der Waals surface area contributed by atoms with Crippen LogP contribution >= 0.6 is 24.4 Å². The average Bonchev–Trinajstić information content (AvgIpc) is 1.69. The second-order valence-electron chi connectivity index (χ2n) is 46.0. The van der Waals surface area contributed by atoms with Crippen LogP contribution in [-0.4, -0.2) is 75.3 Å². The van der Waals surface area contributed by atoms with Crippen molar-refractivity contribution >= 4 is 36.2 Å². The molecule has 13 heteroatoms. The number of aromatic hydroxyl groups is 1. The molecule has 1 aliphatic carbocycles. The number of nitrogens with two attached hydrogens (primary N) is 4. The summed E-state index contributed by atoms with van der Waals surface area (Å²) < 4.78 is 0. The molecule has 3 aromatic carbocycles. The number of hydrogen-bond donors (Lipinski definition) is 11. The Morgan fingerprint density at radius 2 is 0.829 bits per heavy atom. The van der Waals surface area contributed by atoms with Crippen molar-refractivity contribution in [2.75, 3.05) is 37.5 Å². The van der Waals surface area contributed by atoms with Crippen LogP contribution in [0.3, 0.4) is 0 Å². The summed E-state index contributed by atoms with van der Waals surface area (Å²) in [5.74, 6) is 19.5. The Hall–Kier alpha value is -5.31.